The third-order valence-corrected chi connectivity index (χ3v) is 5.23. The third kappa shape index (κ3) is 2.56. The fourth-order valence-corrected chi connectivity index (χ4v) is 3.97. The molecule has 21 heavy (non-hydrogen) atoms. The molecule has 112 valence electrons. The van der Waals surface area contributed by atoms with E-state index in [1.54, 1.807) is 12.1 Å². The second-order valence-corrected chi connectivity index (χ2v) is 6.48. The highest BCUT2D eigenvalue weighted by Gasteiger charge is 2.44. The Morgan fingerprint density at radius 1 is 1.38 bits per heavy atom. The van der Waals surface area contributed by atoms with Crippen molar-refractivity contribution in [2.45, 2.75) is 56.2 Å². The number of hydrogen-bond donors (Lipinski definition) is 1. The highest BCUT2D eigenvalue weighted by Crippen LogP contribution is 2.43. The van der Waals surface area contributed by atoms with Crippen LogP contribution in [0.2, 0.25) is 0 Å². The van der Waals surface area contributed by atoms with Crippen molar-refractivity contribution in [3.63, 3.8) is 0 Å². The highest BCUT2D eigenvalue weighted by atomic mass is 19.1. The normalized spacial score (nSPS) is 32.7. The summed E-state index contributed by atoms with van der Waals surface area (Å²) >= 11 is 0. The lowest BCUT2D eigenvalue weighted by molar-refractivity contribution is -0.0875. The first kappa shape index (κ1) is 14.5. The van der Waals surface area contributed by atoms with Crippen LogP contribution >= 0.6 is 0 Å². The number of aliphatic hydroxyl groups is 1. The summed E-state index contributed by atoms with van der Waals surface area (Å²) in [6.45, 7) is 0. The van der Waals surface area contributed by atoms with Gasteiger partial charge in [0, 0.05) is 17.6 Å². The first-order valence-electron chi connectivity index (χ1n) is 7.64. The second kappa shape index (κ2) is 5.40. The van der Waals surface area contributed by atoms with E-state index in [0.717, 1.165) is 18.4 Å². The molecule has 3 rings (SSSR count). The average molecular weight is 288 g/mol. The number of nitrogens with zero attached hydrogens (tertiary/aromatic N) is 2. The van der Waals surface area contributed by atoms with Gasteiger partial charge in [-0.1, -0.05) is 12.5 Å². The number of fused-ring (bicyclic) bond motifs is 2. The highest BCUT2D eigenvalue weighted by molar-refractivity contribution is 5.32. The monoisotopic (exact) mass is 288 g/mol. The summed E-state index contributed by atoms with van der Waals surface area (Å²) in [4.78, 5) is 2.39. The molecular weight excluding hydrogens is 267 g/mol. The topological polar surface area (TPSA) is 47.3 Å². The molecule has 2 atom stereocenters. The summed E-state index contributed by atoms with van der Waals surface area (Å²) in [6, 6.07) is 7.52. The van der Waals surface area contributed by atoms with E-state index in [2.05, 4.69) is 11.9 Å². The molecule has 2 bridgehead atoms. The van der Waals surface area contributed by atoms with E-state index in [-0.39, 0.29) is 12.2 Å². The Balaban J connectivity index is 1.92. The van der Waals surface area contributed by atoms with Crippen LogP contribution in [0.1, 0.15) is 43.2 Å². The SMILES string of the molecule is CN1C2CCCC1CC(O)(c1ccc(F)c(CC#N)c1)C2. The molecule has 0 aromatic heterocycles. The summed E-state index contributed by atoms with van der Waals surface area (Å²) in [5.41, 5.74) is 0.256. The molecule has 2 unspecified atom stereocenters. The molecule has 2 saturated heterocycles. The van der Waals surface area contributed by atoms with Gasteiger partial charge < -0.3 is 10.0 Å². The maximum absolute atomic E-state index is 13.7. The molecule has 2 fully saturated rings. The fraction of sp³-hybridized carbons (Fsp3) is 0.588. The molecule has 4 heteroatoms. The molecule has 2 heterocycles. The van der Waals surface area contributed by atoms with Crippen molar-refractivity contribution in [3.8, 4) is 6.07 Å². The van der Waals surface area contributed by atoms with Gasteiger partial charge in [0.25, 0.3) is 0 Å². The number of piperidine rings is 2. The molecular formula is C17H21FN2O. The van der Waals surface area contributed by atoms with Crippen molar-refractivity contribution in [3.05, 3.63) is 35.1 Å². The number of rotatable bonds is 2. The molecule has 0 aliphatic carbocycles. The molecule has 0 spiro atoms. The van der Waals surface area contributed by atoms with Gasteiger partial charge in [0.1, 0.15) is 5.82 Å². The van der Waals surface area contributed by atoms with Crippen molar-refractivity contribution < 1.29 is 9.50 Å². The summed E-state index contributed by atoms with van der Waals surface area (Å²) in [5, 5.41) is 19.9. The average Bonchev–Trinajstić information content (AvgIpc) is 2.43. The van der Waals surface area contributed by atoms with E-state index in [1.807, 2.05) is 6.07 Å². The Hall–Kier alpha value is -1.44. The minimum absolute atomic E-state index is 0.0442. The lowest BCUT2D eigenvalue weighted by Gasteiger charge is -2.50. The van der Waals surface area contributed by atoms with Gasteiger partial charge in [0.05, 0.1) is 18.1 Å². The van der Waals surface area contributed by atoms with Crippen LogP contribution in [0.25, 0.3) is 0 Å². The lowest BCUT2D eigenvalue weighted by Crippen LogP contribution is -2.55. The predicted molar refractivity (Wildman–Crippen MR) is 78.0 cm³/mol. The Labute approximate surface area is 125 Å². The van der Waals surface area contributed by atoms with Crippen LogP contribution in [0, 0.1) is 17.1 Å². The maximum Gasteiger partial charge on any atom is 0.127 e. The van der Waals surface area contributed by atoms with E-state index in [4.69, 9.17) is 5.26 Å². The van der Waals surface area contributed by atoms with E-state index in [0.29, 0.717) is 30.5 Å². The van der Waals surface area contributed by atoms with E-state index in [1.165, 1.54) is 12.5 Å². The Kier molecular flexibility index (Phi) is 3.73. The van der Waals surface area contributed by atoms with E-state index in [9.17, 15) is 9.50 Å². The van der Waals surface area contributed by atoms with Crippen molar-refractivity contribution in [2.75, 3.05) is 7.05 Å². The first-order valence-corrected chi connectivity index (χ1v) is 7.64. The zero-order valence-electron chi connectivity index (χ0n) is 12.3. The zero-order valence-corrected chi connectivity index (χ0v) is 12.3. The molecule has 0 amide bonds. The number of hydrogen-bond acceptors (Lipinski definition) is 3. The summed E-state index contributed by atoms with van der Waals surface area (Å²) in [6.07, 6.45) is 4.87. The van der Waals surface area contributed by atoms with E-state index < -0.39 is 5.60 Å². The van der Waals surface area contributed by atoms with Gasteiger partial charge in [0.15, 0.2) is 0 Å². The first-order chi connectivity index (χ1) is 10.0. The van der Waals surface area contributed by atoms with Crippen molar-refractivity contribution >= 4 is 0 Å². The Morgan fingerprint density at radius 2 is 2.05 bits per heavy atom. The van der Waals surface area contributed by atoms with Crippen molar-refractivity contribution in [1.82, 2.24) is 4.90 Å². The minimum Gasteiger partial charge on any atom is -0.385 e. The third-order valence-electron chi connectivity index (χ3n) is 5.23. The quantitative estimate of drug-likeness (QED) is 0.910. The Bertz CT molecular complexity index is 567. The molecule has 1 aromatic carbocycles. The summed E-state index contributed by atoms with van der Waals surface area (Å²) < 4.78 is 13.7. The molecule has 2 aliphatic rings. The molecule has 0 saturated carbocycles. The van der Waals surface area contributed by atoms with Crippen LogP contribution in [0.4, 0.5) is 4.39 Å². The molecule has 1 aromatic rings. The van der Waals surface area contributed by atoms with Gasteiger partial charge in [0.2, 0.25) is 0 Å². The Morgan fingerprint density at radius 3 is 2.67 bits per heavy atom. The van der Waals surface area contributed by atoms with Crippen LogP contribution in [0.3, 0.4) is 0 Å². The van der Waals surface area contributed by atoms with Crippen molar-refractivity contribution in [1.29, 1.82) is 5.26 Å². The number of halogens is 1. The minimum atomic E-state index is -0.889. The molecule has 2 aliphatic heterocycles. The molecule has 0 radical (unpaired) electrons. The second-order valence-electron chi connectivity index (χ2n) is 6.48. The number of benzene rings is 1. The predicted octanol–water partition coefficient (Wildman–Crippen LogP) is 2.73. The van der Waals surface area contributed by atoms with Crippen LogP contribution in [-0.4, -0.2) is 29.1 Å². The van der Waals surface area contributed by atoms with Crippen LogP contribution in [0.15, 0.2) is 18.2 Å². The van der Waals surface area contributed by atoms with Crippen LogP contribution in [-0.2, 0) is 12.0 Å². The fourth-order valence-electron chi connectivity index (χ4n) is 3.97. The smallest absolute Gasteiger partial charge is 0.127 e. The van der Waals surface area contributed by atoms with E-state index >= 15 is 0 Å². The number of nitriles is 1. The van der Waals surface area contributed by atoms with Gasteiger partial charge in [-0.2, -0.15) is 5.26 Å². The lowest BCUT2D eigenvalue weighted by atomic mass is 9.72. The maximum atomic E-state index is 13.7. The molecule has 3 nitrogen and oxygen atoms in total. The zero-order chi connectivity index (χ0) is 15.0. The van der Waals surface area contributed by atoms with Gasteiger partial charge in [-0.3, -0.25) is 0 Å². The summed E-state index contributed by atoms with van der Waals surface area (Å²) in [7, 11) is 2.14. The van der Waals surface area contributed by atoms with Crippen molar-refractivity contribution in [2.24, 2.45) is 0 Å². The van der Waals surface area contributed by atoms with Gasteiger partial charge in [-0.25, -0.2) is 4.39 Å². The van der Waals surface area contributed by atoms with Gasteiger partial charge in [-0.05, 0) is 50.4 Å². The summed E-state index contributed by atoms with van der Waals surface area (Å²) in [5.74, 6) is -0.364. The standard InChI is InChI=1S/C17H21FN2O/c1-20-14-3-2-4-15(20)11-17(21,10-14)13-5-6-16(18)12(9-13)7-8-19/h5-6,9,14-15,21H,2-4,7,10-11H2,1H3. The van der Waals surface area contributed by atoms with Crippen LogP contribution < -0.4 is 0 Å². The van der Waals surface area contributed by atoms with Crippen LogP contribution in [0.5, 0.6) is 0 Å². The van der Waals surface area contributed by atoms with Gasteiger partial charge >= 0.3 is 0 Å². The molecule has 1 N–H and O–H groups in total. The largest absolute Gasteiger partial charge is 0.385 e. The van der Waals surface area contributed by atoms with Gasteiger partial charge in [-0.15, -0.1) is 0 Å².